The van der Waals surface area contributed by atoms with E-state index in [9.17, 15) is 4.79 Å². The average Bonchev–Trinajstić information content (AvgIpc) is 3.13. The third-order valence-corrected chi connectivity index (χ3v) is 4.84. The number of carbonyl (C=O) groups is 1. The molecule has 0 atom stereocenters. The monoisotopic (exact) mass is 390 g/mol. The van der Waals surface area contributed by atoms with E-state index < -0.39 is 0 Å². The van der Waals surface area contributed by atoms with E-state index in [0.717, 1.165) is 24.2 Å². The van der Waals surface area contributed by atoms with Gasteiger partial charge in [0.05, 0.1) is 10.7 Å². The Morgan fingerprint density at radius 1 is 1.07 bits per heavy atom. The van der Waals surface area contributed by atoms with Crippen molar-refractivity contribution in [2.45, 2.75) is 6.42 Å². The molecule has 0 aliphatic carbocycles. The molecule has 0 saturated carbocycles. The molecule has 140 valence electrons. The molecule has 2 aromatic heterocycles. The SMILES string of the molecule is O=C(Nc1ccccc1Cl)c1cc(NCCc2c[nH]c3ccccc23)ccn1. The molecule has 5 nitrogen and oxygen atoms in total. The maximum Gasteiger partial charge on any atom is 0.274 e. The molecule has 0 saturated heterocycles. The van der Waals surface area contributed by atoms with Crippen molar-refractivity contribution >= 4 is 39.8 Å². The number of anilines is 2. The van der Waals surface area contributed by atoms with Crippen LogP contribution in [-0.4, -0.2) is 22.4 Å². The number of amides is 1. The van der Waals surface area contributed by atoms with Crippen LogP contribution in [0.4, 0.5) is 11.4 Å². The number of nitrogens with one attached hydrogen (secondary N) is 3. The standard InChI is InChI=1S/C22H19ClN4O/c23-18-6-2-4-8-20(18)27-22(28)21-13-16(10-12-25-21)24-11-9-15-14-26-19-7-3-1-5-17(15)19/h1-8,10,12-14,26H,9,11H2,(H,24,25)(H,27,28). The van der Waals surface area contributed by atoms with E-state index in [2.05, 4.69) is 32.7 Å². The van der Waals surface area contributed by atoms with E-state index in [4.69, 9.17) is 11.6 Å². The topological polar surface area (TPSA) is 69.8 Å². The van der Waals surface area contributed by atoms with Gasteiger partial charge in [-0.05, 0) is 42.3 Å². The molecule has 0 unspecified atom stereocenters. The smallest absolute Gasteiger partial charge is 0.274 e. The molecule has 6 heteroatoms. The number of carbonyl (C=O) groups excluding carboxylic acids is 1. The summed E-state index contributed by atoms with van der Waals surface area (Å²) in [5.74, 6) is -0.298. The Labute approximate surface area is 167 Å². The quantitative estimate of drug-likeness (QED) is 0.427. The fourth-order valence-electron chi connectivity index (χ4n) is 3.09. The van der Waals surface area contributed by atoms with Gasteiger partial charge in [0.15, 0.2) is 0 Å². The average molecular weight is 391 g/mol. The zero-order valence-electron chi connectivity index (χ0n) is 15.1. The van der Waals surface area contributed by atoms with Crippen LogP contribution >= 0.6 is 11.6 Å². The summed E-state index contributed by atoms with van der Waals surface area (Å²) in [4.78, 5) is 19.9. The number of benzene rings is 2. The zero-order chi connectivity index (χ0) is 19.3. The van der Waals surface area contributed by atoms with Crippen LogP contribution < -0.4 is 10.6 Å². The van der Waals surface area contributed by atoms with Gasteiger partial charge in [0.25, 0.3) is 5.91 Å². The molecule has 0 aliphatic rings. The molecule has 0 fully saturated rings. The number of rotatable bonds is 6. The van der Waals surface area contributed by atoms with Crippen molar-refractivity contribution < 1.29 is 4.79 Å². The first-order valence-electron chi connectivity index (χ1n) is 9.01. The van der Waals surface area contributed by atoms with Crippen molar-refractivity contribution in [2.24, 2.45) is 0 Å². The van der Waals surface area contributed by atoms with E-state index >= 15 is 0 Å². The van der Waals surface area contributed by atoms with Gasteiger partial charge in [-0.2, -0.15) is 0 Å². The number of aromatic nitrogens is 2. The van der Waals surface area contributed by atoms with Crippen molar-refractivity contribution in [3.05, 3.63) is 89.3 Å². The fraction of sp³-hybridized carbons (Fsp3) is 0.0909. The molecule has 3 N–H and O–H groups in total. The van der Waals surface area contributed by atoms with E-state index in [1.54, 1.807) is 24.4 Å². The van der Waals surface area contributed by atoms with Gasteiger partial charge in [0.2, 0.25) is 0 Å². The summed E-state index contributed by atoms with van der Waals surface area (Å²) in [6, 6.07) is 18.9. The predicted molar refractivity (Wildman–Crippen MR) is 114 cm³/mol. The molecule has 4 aromatic rings. The molecule has 2 heterocycles. The van der Waals surface area contributed by atoms with Crippen LogP contribution in [-0.2, 0) is 6.42 Å². The molecule has 28 heavy (non-hydrogen) atoms. The van der Waals surface area contributed by atoms with Crippen molar-refractivity contribution in [3.63, 3.8) is 0 Å². The summed E-state index contributed by atoms with van der Waals surface area (Å²) in [5, 5.41) is 7.87. The van der Waals surface area contributed by atoms with E-state index in [1.807, 2.05) is 36.5 Å². The van der Waals surface area contributed by atoms with Gasteiger partial charge in [0.1, 0.15) is 5.69 Å². The van der Waals surface area contributed by atoms with E-state index in [-0.39, 0.29) is 5.91 Å². The number of pyridine rings is 1. The number of para-hydroxylation sites is 2. The van der Waals surface area contributed by atoms with Crippen LogP contribution in [0, 0.1) is 0 Å². The molecule has 0 spiro atoms. The van der Waals surface area contributed by atoms with E-state index in [1.165, 1.54) is 10.9 Å². The highest BCUT2D eigenvalue weighted by atomic mass is 35.5. The summed E-state index contributed by atoms with van der Waals surface area (Å²) in [6.45, 7) is 0.747. The predicted octanol–water partition coefficient (Wildman–Crippen LogP) is 5.12. The van der Waals surface area contributed by atoms with Crippen LogP contribution in [0.25, 0.3) is 10.9 Å². The van der Waals surface area contributed by atoms with Gasteiger partial charge in [-0.15, -0.1) is 0 Å². The Morgan fingerprint density at radius 3 is 2.79 bits per heavy atom. The van der Waals surface area contributed by atoms with Crippen molar-refractivity contribution in [1.82, 2.24) is 9.97 Å². The molecule has 1 amide bonds. The first-order chi connectivity index (χ1) is 13.7. The van der Waals surface area contributed by atoms with Crippen LogP contribution in [0.1, 0.15) is 16.1 Å². The molecule has 2 aromatic carbocycles. The summed E-state index contributed by atoms with van der Waals surface area (Å²) in [6.07, 6.45) is 4.53. The fourth-order valence-corrected chi connectivity index (χ4v) is 3.28. The second kappa shape index (κ2) is 8.15. The minimum Gasteiger partial charge on any atom is -0.385 e. The largest absolute Gasteiger partial charge is 0.385 e. The second-order valence-electron chi connectivity index (χ2n) is 6.40. The highest BCUT2D eigenvalue weighted by Gasteiger charge is 2.10. The summed E-state index contributed by atoms with van der Waals surface area (Å²) in [5.41, 5.74) is 4.14. The van der Waals surface area contributed by atoms with Crippen molar-refractivity contribution in [3.8, 4) is 0 Å². The number of fused-ring (bicyclic) bond motifs is 1. The third kappa shape index (κ3) is 4.00. The van der Waals surface area contributed by atoms with Crippen LogP contribution in [0.5, 0.6) is 0 Å². The van der Waals surface area contributed by atoms with Gasteiger partial charge in [0, 0.05) is 35.5 Å². The normalized spacial score (nSPS) is 10.8. The number of aromatic amines is 1. The van der Waals surface area contributed by atoms with Gasteiger partial charge in [-0.3, -0.25) is 9.78 Å². The summed E-state index contributed by atoms with van der Waals surface area (Å²) < 4.78 is 0. The number of halogens is 1. The Balaban J connectivity index is 1.39. The summed E-state index contributed by atoms with van der Waals surface area (Å²) in [7, 11) is 0. The number of hydrogen-bond acceptors (Lipinski definition) is 3. The van der Waals surface area contributed by atoms with Gasteiger partial charge < -0.3 is 15.6 Å². The molecule has 0 radical (unpaired) electrons. The number of hydrogen-bond donors (Lipinski definition) is 3. The third-order valence-electron chi connectivity index (χ3n) is 4.51. The molecular weight excluding hydrogens is 372 g/mol. The molecular formula is C22H19ClN4O. The van der Waals surface area contributed by atoms with E-state index in [0.29, 0.717) is 16.4 Å². The Kier molecular flexibility index (Phi) is 5.26. The van der Waals surface area contributed by atoms with Crippen molar-refractivity contribution in [1.29, 1.82) is 0 Å². The Hall–Kier alpha value is -3.31. The van der Waals surface area contributed by atoms with Gasteiger partial charge in [-0.25, -0.2) is 0 Å². The minimum atomic E-state index is -0.298. The van der Waals surface area contributed by atoms with Gasteiger partial charge >= 0.3 is 0 Å². The number of nitrogens with zero attached hydrogens (tertiary/aromatic N) is 1. The zero-order valence-corrected chi connectivity index (χ0v) is 15.8. The lowest BCUT2D eigenvalue weighted by atomic mass is 10.1. The van der Waals surface area contributed by atoms with Crippen molar-refractivity contribution in [2.75, 3.05) is 17.2 Å². The minimum absolute atomic E-state index is 0.298. The lowest BCUT2D eigenvalue weighted by molar-refractivity contribution is 0.102. The second-order valence-corrected chi connectivity index (χ2v) is 6.81. The number of H-pyrrole nitrogens is 1. The lowest BCUT2D eigenvalue weighted by Crippen LogP contribution is -2.14. The molecule has 0 aliphatic heterocycles. The van der Waals surface area contributed by atoms with Gasteiger partial charge in [-0.1, -0.05) is 41.9 Å². The Bertz CT molecular complexity index is 1120. The highest BCUT2D eigenvalue weighted by molar-refractivity contribution is 6.33. The lowest BCUT2D eigenvalue weighted by Gasteiger charge is -2.09. The maximum absolute atomic E-state index is 12.5. The molecule has 0 bridgehead atoms. The first kappa shape index (κ1) is 18.1. The van der Waals surface area contributed by atoms with Crippen LogP contribution in [0.15, 0.2) is 73.1 Å². The van der Waals surface area contributed by atoms with Crippen LogP contribution in [0.3, 0.4) is 0 Å². The first-order valence-corrected chi connectivity index (χ1v) is 9.39. The Morgan fingerprint density at radius 2 is 1.89 bits per heavy atom. The highest BCUT2D eigenvalue weighted by Crippen LogP contribution is 2.21. The molecule has 4 rings (SSSR count). The maximum atomic E-state index is 12.5. The summed E-state index contributed by atoms with van der Waals surface area (Å²) >= 11 is 6.10. The van der Waals surface area contributed by atoms with Crippen LogP contribution in [0.2, 0.25) is 5.02 Å².